The van der Waals surface area contributed by atoms with Crippen LogP contribution in [-0.4, -0.2) is 0 Å². The fraction of sp³-hybridized carbons (Fsp3) is 0. The van der Waals surface area contributed by atoms with Crippen LogP contribution in [0.25, 0.3) is 86.9 Å². The van der Waals surface area contributed by atoms with Gasteiger partial charge in [0.1, 0.15) is 0 Å². The maximum atomic E-state index is 2.42. The third-order valence-electron chi connectivity index (χ3n) is 9.00. The largest absolute Gasteiger partial charge is 0.0616 e. The highest BCUT2D eigenvalue weighted by atomic mass is 14.2. The van der Waals surface area contributed by atoms with Gasteiger partial charge in [0.25, 0.3) is 0 Å². The van der Waals surface area contributed by atoms with E-state index in [2.05, 4.69) is 158 Å². The molecule has 0 saturated carbocycles. The lowest BCUT2D eigenvalue weighted by atomic mass is 9.83. The Balaban J connectivity index is 1.45. The molecule has 0 aromatic heterocycles. The molecule has 0 spiro atoms. The van der Waals surface area contributed by atoms with Crippen molar-refractivity contribution in [3.63, 3.8) is 0 Å². The summed E-state index contributed by atoms with van der Waals surface area (Å²) in [5, 5.41) is 15.4. The van der Waals surface area contributed by atoms with Gasteiger partial charge in [0.2, 0.25) is 0 Å². The van der Waals surface area contributed by atoms with E-state index in [0.717, 1.165) is 0 Å². The summed E-state index contributed by atoms with van der Waals surface area (Å²) in [6, 6.07) is 58.1. The van der Waals surface area contributed by atoms with Gasteiger partial charge in [-0.15, -0.1) is 0 Å². The van der Waals surface area contributed by atoms with E-state index >= 15 is 0 Å². The molecule has 0 heterocycles. The predicted molar refractivity (Wildman–Crippen MR) is 182 cm³/mol. The predicted octanol–water partition coefficient (Wildman–Crippen LogP) is 11.9. The Hall–Kier alpha value is -5.46. The van der Waals surface area contributed by atoms with E-state index in [0.29, 0.717) is 0 Å². The standard InChI is InChI=1S/C42H26/c1-3-15-31-27(11-1)13-9-21-33(31)41-34-17-5-7-19-36(34)42(37-20-8-6-18-35(37)41)38-22-10-14-29-25-30-24-23-28-12-2-4-16-32(28)39(30)26-40(29)38/h1-26H. The van der Waals surface area contributed by atoms with E-state index in [-0.39, 0.29) is 0 Å². The molecule has 0 radical (unpaired) electrons. The van der Waals surface area contributed by atoms with Crippen LogP contribution in [-0.2, 0) is 0 Å². The highest BCUT2D eigenvalue weighted by molar-refractivity contribution is 6.26. The molecule has 0 aliphatic carbocycles. The molecular formula is C42H26. The lowest BCUT2D eigenvalue weighted by Crippen LogP contribution is -1.92. The average Bonchev–Trinajstić information content (AvgIpc) is 3.06. The van der Waals surface area contributed by atoms with Gasteiger partial charge < -0.3 is 0 Å². The highest BCUT2D eigenvalue weighted by Gasteiger charge is 2.19. The molecule has 9 aromatic carbocycles. The molecular weight excluding hydrogens is 504 g/mol. The summed E-state index contributed by atoms with van der Waals surface area (Å²) in [6.07, 6.45) is 0. The topological polar surface area (TPSA) is 0 Å². The Morgan fingerprint density at radius 1 is 0.214 bits per heavy atom. The van der Waals surface area contributed by atoms with Gasteiger partial charge in [-0.1, -0.05) is 146 Å². The molecule has 0 aliphatic rings. The van der Waals surface area contributed by atoms with Crippen molar-refractivity contribution in [1.29, 1.82) is 0 Å². The molecule has 194 valence electrons. The number of benzene rings is 9. The SMILES string of the molecule is c1ccc2c(-c3c4ccccc4c(-c4cccc5cc6ccc7ccccc7c6cc45)c4ccccc34)cccc2c1. The summed E-state index contributed by atoms with van der Waals surface area (Å²) < 4.78 is 0. The molecule has 9 aromatic rings. The van der Waals surface area contributed by atoms with Gasteiger partial charge in [-0.3, -0.25) is 0 Å². The van der Waals surface area contributed by atoms with E-state index in [1.807, 2.05) is 0 Å². The smallest absolute Gasteiger partial charge is 0.00201 e. The van der Waals surface area contributed by atoms with Crippen molar-refractivity contribution in [2.24, 2.45) is 0 Å². The van der Waals surface area contributed by atoms with E-state index in [1.54, 1.807) is 0 Å². The second-order valence-electron chi connectivity index (χ2n) is 11.3. The van der Waals surface area contributed by atoms with Crippen molar-refractivity contribution >= 4 is 64.6 Å². The summed E-state index contributed by atoms with van der Waals surface area (Å²) in [6.45, 7) is 0. The zero-order valence-electron chi connectivity index (χ0n) is 23.0. The molecule has 0 bridgehead atoms. The molecule has 0 atom stereocenters. The second kappa shape index (κ2) is 9.03. The molecule has 0 heteroatoms. The minimum Gasteiger partial charge on any atom is -0.0616 e. The first-order valence-electron chi connectivity index (χ1n) is 14.6. The van der Waals surface area contributed by atoms with Crippen LogP contribution in [0.2, 0.25) is 0 Å². The van der Waals surface area contributed by atoms with Crippen LogP contribution in [0, 0.1) is 0 Å². The average molecular weight is 531 g/mol. The zero-order valence-corrected chi connectivity index (χ0v) is 23.0. The Kier molecular flexibility index (Phi) is 5.00. The maximum Gasteiger partial charge on any atom is -0.00201 e. The van der Waals surface area contributed by atoms with Crippen LogP contribution in [0.3, 0.4) is 0 Å². The van der Waals surface area contributed by atoms with Crippen molar-refractivity contribution < 1.29 is 0 Å². The Bertz CT molecular complexity index is 2450. The summed E-state index contributed by atoms with van der Waals surface area (Å²) in [4.78, 5) is 0. The molecule has 0 amide bonds. The van der Waals surface area contributed by atoms with Gasteiger partial charge >= 0.3 is 0 Å². The van der Waals surface area contributed by atoms with Crippen molar-refractivity contribution in [3.05, 3.63) is 158 Å². The summed E-state index contributed by atoms with van der Waals surface area (Å²) in [7, 11) is 0. The first-order valence-corrected chi connectivity index (χ1v) is 14.6. The zero-order chi connectivity index (χ0) is 27.6. The minimum atomic E-state index is 1.26. The van der Waals surface area contributed by atoms with Gasteiger partial charge in [-0.25, -0.2) is 0 Å². The summed E-state index contributed by atoms with van der Waals surface area (Å²) in [5.74, 6) is 0. The molecule has 0 nitrogen and oxygen atoms in total. The molecule has 9 rings (SSSR count). The molecule has 42 heavy (non-hydrogen) atoms. The number of fused-ring (bicyclic) bond motifs is 7. The molecule has 0 unspecified atom stereocenters. The lowest BCUT2D eigenvalue weighted by molar-refractivity contribution is 1.69. The van der Waals surface area contributed by atoms with Crippen molar-refractivity contribution in [2.45, 2.75) is 0 Å². The molecule has 0 aliphatic heterocycles. The first kappa shape index (κ1) is 23.3. The van der Waals surface area contributed by atoms with Crippen molar-refractivity contribution in [3.8, 4) is 22.3 Å². The van der Waals surface area contributed by atoms with Gasteiger partial charge in [-0.2, -0.15) is 0 Å². The number of hydrogen-bond acceptors (Lipinski definition) is 0. The Morgan fingerprint density at radius 2 is 0.619 bits per heavy atom. The third kappa shape index (κ3) is 3.36. The fourth-order valence-corrected chi connectivity index (χ4v) is 7.15. The Labute approximate surface area is 244 Å². The minimum absolute atomic E-state index is 1.26. The summed E-state index contributed by atoms with van der Waals surface area (Å²) in [5.41, 5.74) is 5.16. The van der Waals surface area contributed by atoms with E-state index in [1.165, 1.54) is 86.9 Å². The van der Waals surface area contributed by atoms with E-state index in [9.17, 15) is 0 Å². The molecule has 0 saturated heterocycles. The van der Waals surface area contributed by atoms with Gasteiger partial charge in [0, 0.05) is 0 Å². The van der Waals surface area contributed by atoms with Crippen molar-refractivity contribution in [1.82, 2.24) is 0 Å². The van der Waals surface area contributed by atoms with Crippen LogP contribution in [0.15, 0.2) is 158 Å². The van der Waals surface area contributed by atoms with Crippen LogP contribution < -0.4 is 0 Å². The Morgan fingerprint density at radius 3 is 1.24 bits per heavy atom. The molecule has 0 fully saturated rings. The van der Waals surface area contributed by atoms with Gasteiger partial charge in [0.15, 0.2) is 0 Å². The second-order valence-corrected chi connectivity index (χ2v) is 11.3. The fourth-order valence-electron chi connectivity index (χ4n) is 7.15. The van der Waals surface area contributed by atoms with E-state index in [4.69, 9.17) is 0 Å². The van der Waals surface area contributed by atoms with Crippen molar-refractivity contribution in [2.75, 3.05) is 0 Å². The van der Waals surface area contributed by atoms with Crippen LogP contribution >= 0.6 is 0 Å². The van der Waals surface area contributed by atoms with Gasteiger partial charge in [-0.05, 0) is 99.0 Å². The highest BCUT2D eigenvalue weighted by Crippen LogP contribution is 2.47. The molecule has 0 N–H and O–H groups in total. The van der Waals surface area contributed by atoms with Crippen LogP contribution in [0.5, 0.6) is 0 Å². The maximum absolute atomic E-state index is 2.42. The normalized spacial score (nSPS) is 11.8. The summed E-state index contributed by atoms with van der Waals surface area (Å²) >= 11 is 0. The third-order valence-corrected chi connectivity index (χ3v) is 9.00. The van der Waals surface area contributed by atoms with Crippen LogP contribution in [0.1, 0.15) is 0 Å². The van der Waals surface area contributed by atoms with E-state index < -0.39 is 0 Å². The van der Waals surface area contributed by atoms with Crippen LogP contribution in [0.4, 0.5) is 0 Å². The monoisotopic (exact) mass is 530 g/mol. The number of rotatable bonds is 2. The van der Waals surface area contributed by atoms with Gasteiger partial charge in [0.05, 0.1) is 0 Å². The first-order chi connectivity index (χ1) is 20.8. The number of hydrogen-bond donors (Lipinski definition) is 0. The lowest BCUT2D eigenvalue weighted by Gasteiger charge is -2.20. The quantitative estimate of drug-likeness (QED) is 0.154.